The second-order valence-electron chi connectivity index (χ2n) is 5.05. The van der Waals surface area contributed by atoms with E-state index in [0.717, 1.165) is 28.4 Å². The summed E-state index contributed by atoms with van der Waals surface area (Å²) in [5.74, 6) is 0.862. The molecule has 0 saturated heterocycles. The lowest BCUT2D eigenvalue weighted by Crippen LogP contribution is -2.11. The molecular weight excluding hydrogens is 264 g/mol. The smallest absolute Gasteiger partial charge is 0.229 e. The van der Waals surface area contributed by atoms with E-state index in [9.17, 15) is 0 Å². The fourth-order valence-corrected chi connectivity index (χ4v) is 2.53. The molecule has 0 radical (unpaired) electrons. The highest BCUT2D eigenvalue weighted by Crippen LogP contribution is 2.28. The molecule has 0 aliphatic heterocycles. The summed E-state index contributed by atoms with van der Waals surface area (Å²) in [5.41, 5.74) is 3.81. The standard InChI is InChI=1S/C16H20N2OSi/c1-12-9-10-14(17-11-12)13(2)18-15-7-5-6-8-16(15)19-20(3)4/h5-11,20H,1-4H3. The van der Waals surface area contributed by atoms with Gasteiger partial charge < -0.3 is 4.43 Å². The number of nitrogens with zero attached hydrogens (tertiary/aromatic N) is 2. The molecule has 0 atom stereocenters. The summed E-state index contributed by atoms with van der Waals surface area (Å²) in [6, 6.07) is 11.9. The maximum absolute atomic E-state index is 5.91. The maximum atomic E-state index is 5.91. The zero-order chi connectivity index (χ0) is 14.5. The zero-order valence-electron chi connectivity index (χ0n) is 12.4. The monoisotopic (exact) mass is 284 g/mol. The minimum Gasteiger partial charge on any atom is -0.546 e. The highest BCUT2D eigenvalue weighted by Gasteiger charge is 2.06. The van der Waals surface area contributed by atoms with E-state index in [1.807, 2.05) is 56.4 Å². The lowest BCUT2D eigenvalue weighted by atomic mass is 10.2. The van der Waals surface area contributed by atoms with Crippen molar-refractivity contribution in [2.45, 2.75) is 26.9 Å². The first-order valence-corrected chi connectivity index (χ1v) is 9.58. The highest BCUT2D eigenvalue weighted by molar-refractivity contribution is 6.49. The molecule has 104 valence electrons. The van der Waals surface area contributed by atoms with Crippen LogP contribution < -0.4 is 4.43 Å². The summed E-state index contributed by atoms with van der Waals surface area (Å²) in [6.45, 7) is 8.30. The van der Waals surface area contributed by atoms with Crippen LogP contribution >= 0.6 is 0 Å². The first-order valence-electron chi connectivity index (χ1n) is 6.80. The molecule has 3 nitrogen and oxygen atoms in total. The summed E-state index contributed by atoms with van der Waals surface area (Å²) < 4.78 is 5.91. The lowest BCUT2D eigenvalue weighted by molar-refractivity contribution is 0.582. The lowest BCUT2D eigenvalue weighted by Gasteiger charge is -2.12. The Morgan fingerprint density at radius 2 is 1.90 bits per heavy atom. The molecule has 2 rings (SSSR count). The second kappa shape index (κ2) is 6.48. The van der Waals surface area contributed by atoms with Crippen molar-refractivity contribution in [3.63, 3.8) is 0 Å². The van der Waals surface area contributed by atoms with E-state index >= 15 is 0 Å². The van der Waals surface area contributed by atoms with Crippen LogP contribution in [0.3, 0.4) is 0 Å². The Labute approximate surface area is 122 Å². The Balaban J connectivity index is 2.32. The predicted octanol–water partition coefficient (Wildman–Crippen LogP) is 3.89. The van der Waals surface area contributed by atoms with Crippen LogP contribution in [0.15, 0.2) is 47.6 Å². The third-order valence-electron chi connectivity index (χ3n) is 2.80. The number of aromatic nitrogens is 1. The molecule has 1 aromatic heterocycles. The Hall–Kier alpha value is -1.94. The van der Waals surface area contributed by atoms with Gasteiger partial charge in [0, 0.05) is 6.20 Å². The van der Waals surface area contributed by atoms with Gasteiger partial charge in [0.25, 0.3) is 0 Å². The van der Waals surface area contributed by atoms with Gasteiger partial charge >= 0.3 is 0 Å². The van der Waals surface area contributed by atoms with Crippen molar-refractivity contribution in [2.75, 3.05) is 0 Å². The molecule has 0 unspecified atom stereocenters. The number of aliphatic imine (C=N–C) groups is 1. The van der Waals surface area contributed by atoms with Crippen LogP contribution in [0.2, 0.25) is 13.1 Å². The minimum absolute atomic E-state index is 0.862. The summed E-state index contributed by atoms with van der Waals surface area (Å²) >= 11 is 0. The molecule has 0 aliphatic rings. The van der Waals surface area contributed by atoms with Gasteiger partial charge in [0.2, 0.25) is 9.04 Å². The third kappa shape index (κ3) is 3.77. The quantitative estimate of drug-likeness (QED) is 0.630. The van der Waals surface area contributed by atoms with Crippen LogP contribution in [0, 0.1) is 6.92 Å². The van der Waals surface area contributed by atoms with Crippen molar-refractivity contribution < 1.29 is 4.43 Å². The number of pyridine rings is 1. The molecule has 0 fully saturated rings. The molecule has 0 aliphatic carbocycles. The van der Waals surface area contributed by atoms with E-state index in [0.29, 0.717) is 0 Å². The molecule has 0 saturated carbocycles. The second-order valence-corrected chi connectivity index (χ2v) is 7.39. The van der Waals surface area contributed by atoms with Crippen molar-refractivity contribution >= 4 is 20.4 Å². The fraction of sp³-hybridized carbons (Fsp3) is 0.250. The first kappa shape index (κ1) is 14.5. The average Bonchev–Trinajstić information content (AvgIpc) is 2.41. The Bertz CT molecular complexity index is 606. The van der Waals surface area contributed by atoms with Crippen LogP contribution in [-0.4, -0.2) is 19.7 Å². The van der Waals surface area contributed by atoms with Gasteiger partial charge in [-0.2, -0.15) is 0 Å². The Morgan fingerprint density at radius 3 is 2.55 bits per heavy atom. The van der Waals surface area contributed by atoms with E-state index in [1.165, 1.54) is 0 Å². The molecule has 2 aromatic rings. The van der Waals surface area contributed by atoms with Crippen LogP contribution in [0.5, 0.6) is 5.75 Å². The third-order valence-corrected chi connectivity index (χ3v) is 3.52. The van der Waals surface area contributed by atoms with Crippen LogP contribution in [0.4, 0.5) is 5.69 Å². The van der Waals surface area contributed by atoms with Gasteiger partial charge in [0.05, 0.1) is 11.4 Å². The normalized spacial score (nSPS) is 11.8. The minimum atomic E-state index is -1.14. The molecule has 0 bridgehead atoms. The van der Waals surface area contributed by atoms with E-state index in [4.69, 9.17) is 4.43 Å². The molecule has 4 heteroatoms. The number of aryl methyl sites for hydroxylation is 1. The van der Waals surface area contributed by atoms with Crippen molar-refractivity contribution in [1.82, 2.24) is 4.98 Å². The number of rotatable bonds is 4. The molecule has 0 amide bonds. The van der Waals surface area contributed by atoms with Gasteiger partial charge in [-0.05, 0) is 50.7 Å². The van der Waals surface area contributed by atoms with Gasteiger partial charge in [0.1, 0.15) is 11.4 Å². The molecule has 20 heavy (non-hydrogen) atoms. The summed E-state index contributed by atoms with van der Waals surface area (Å²) in [6.07, 6.45) is 1.86. The van der Waals surface area contributed by atoms with Gasteiger partial charge in [-0.25, -0.2) is 4.99 Å². The average molecular weight is 284 g/mol. The number of hydrogen-bond donors (Lipinski definition) is 0. The first-order chi connectivity index (χ1) is 9.56. The van der Waals surface area contributed by atoms with E-state index < -0.39 is 9.04 Å². The molecule has 0 spiro atoms. The summed E-state index contributed by atoms with van der Waals surface area (Å²) in [4.78, 5) is 9.07. The zero-order valence-corrected chi connectivity index (χ0v) is 13.6. The van der Waals surface area contributed by atoms with E-state index in [1.54, 1.807) is 0 Å². The van der Waals surface area contributed by atoms with Crippen molar-refractivity contribution in [1.29, 1.82) is 0 Å². The maximum Gasteiger partial charge on any atom is 0.229 e. The number of benzene rings is 1. The molecule has 1 aromatic carbocycles. The Morgan fingerprint density at radius 1 is 1.15 bits per heavy atom. The van der Waals surface area contributed by atoms with Gasteiger partial charge in [-0.1, -0.05) is 18.2 Å². The topological polar surface area (TPSA) is 34.5 Å². The van der Waals surface area contributed by atoms with Crippen LogP contribution in [0.25, 0.3) is 0 Å². The molecule has 0 N–H and O–H groups in total. The van der Waals surface area contributed by atoms with Gasteiger partial charge in [-0.15, -0.1) is 0 Å². The van der Waals surface area contributed by atoms with Crippen LogP contribution in [-0.2, 0) is 0 Å². The van der Waals surface area contributed by atoms with E-state index in [2.05, 4.69) is 23.1 Å². The fourth-order valence-electron chi connectivity index (χ4n) is 1.82. The summed E-state index contributed by atoms with van der Waals surface area (Å²) in [7, 11) is -1.14. The highest BCUT2D eigenvalue weighted by atomic mass is 28.3. The van der Waals surface area contributed by atoms with Crippen molar-refractivity contribution in [3.8, 4) is 5.75 Å². The summed E-state index contributed by atoms with van der Waals surface area (Å²) in [5, 5.41) is 0. The largest absolute Gasteiger partial charge is 0.546 e. The Kier molecular flexibility index (Phi) is 4.68. The number of para-hydroxylation sites is 2. The van der Waals surface area contributed by atoms with E-state index in [-0.39, 0.29) is 0 Å². The van der Waals surface area contributed by atoms with Crippen LogP contribution in [0.1, 0.15) is 18.2 Å². The molecular formula is C16H20N2OSi. The predicted molar refractivity (Wildman–Crippen MR) is 86.8 cm³/mol. The molecule has 1 heterocycles. The van der Waals surface area contributed by atoms with Gasteiger partial charge in [-0.3, -0.25) is 4.98 Å². The van der Waals surface area contributed by atoms with Gasteiger partial charge in [0.15, 0.2) is 0 Å². The van der Waals surface area contributed by atoms with Crippen molar-refractivity contribution in [2.24, 2.45) is 4.99 Å². The number of hydrogen-bond acceptors (Lipinski definition) is 3. The van der Waals surface area contributed by atoms with Crippen molar-refractivity contribution in [3.05, 3.63) is 53.9 Å². The SMILES string of the molecule is CC(=Nc1ccccc1O[SiH](C)C)c1ccc(C)cn1.